The molecule has 0 amide bonds. The molecule has 162 valence electrons. The number of nitrogens with zero attached hydrogens (tertiary/aromatic N) is 2. The van der Waals surface area contributed by atoms with Crippen molar-refractivity contribution in [2.75, 3.05) is 50.2 Å². The van der Waals surface area contributed by atoms with E-state index >= 15 is 0 Å². The minimum absolute atomic E-state index is 0.227. The van der Waals surface area contributed by atoms with Crippen LogP contribution in [-0.2, 0) is 9.47 Å². The predicted octanol–water partition coefficient (Wildman–Crippen LogP) is 3.78. The Labute approximate surface area is 182 Å². The maximum absolute atomic E-state index is 11.1. The van der Waals surface area contributed by atoms with Gasteiger partial charge in [-0.25, -0.2) is 4.98 Å². The van der Waals surface area contributed by atoms with Crippen molar-refractivity contribution in [2.45, 2.75) is 18.9 Å². The van der Waals surface area contributed by atoms with E-state index in [-0.39, 0.29) is 5.92 Å². The smallest absolute Gasteiger partial charge is 0.147 e. The van der Waals surface area contributed by atoms with Crippen molar-refractivity contribution >= 4 is 22.4 Å². The first-order chi connectivity index (χ1) is 15.2. The molecule has 2 fully saturated rings. The molecule has 31 heavy (non-hydrogen) atoms. The van der Waals surface area contributed by atoms with Crippen molar-refractivity contribution in [1.29, 1.82) is 0 Å². The number of aromatic nitrogens is 1. The zero-order valence-corrected chi connectivity index (χ0v) is 17.7. The number of morpholine rings is 1. The lowest BCUT2D eigenvalue weighted by Gasteiger charge is -2.29. The SMILES string of the molecule is Nc1nc2ccc(-c3ccccc3C(O)C3CCOCC3)cc2cc1N1CCOCC1. The van der Waals surface area contributed by atoms with Crippen LogP contribution < -0.4 is 10.6 Å². The summed E-state index contributed by atoms with van der Waals surface area (Å²) in [5, 5.41) is 12.2. The van der Waals surface area contributed by atoms with Gasteiger partial charge >= 0.3 is 0 Å². The average Bonchev–Trinajstić information content (AvgIpc) is 2.84. The number of anilines is 2. The Kier molecular flexibility index (Phi) is 5.76. The van der Waals surface area contributed by atoms with Crippen LogP contribution in [0.4, 0.5) is 11.5 Å². The Morgan fingerprint density at radius 3 is 2.52 bits per heavy atom. The van der Waals surface area contributed by atoms with Crippen molar-refractivity contribution in [1.82, 2.24) is 4.98 Å². The Balaban J connectivity index is 1.52. The number of hydrogen-bond acceptors (Lipinski definition) is 6. The van der Waals surface area contributed by atoms with E-state index < -0.39 is 6.10 Å². The Hall–Kier alpha value is -2.67. The van der Waals surface area contributed by atoms with Gasteiger partial charge in [0.15, 0.2) is 0 Å². The molecule has 2 saturated heterocycles. The number of aliphatic hydroxyl groups excluding tert-OH is 1. The summed E-state index contributed by atoms with van der Waals surface area (Å²) in [6.45, 7) is 4.48. The highest BCUT2D eigenvalue weighted by Gasteiger charge is 2.25. The predicted molar refractivity (Wildman–Crippen MR) is 123 cm³/mol. The molecule has 0 spiro atoms. The van der Waals surface area contributed by atoms with Gasteiger partial charge in [0.05, 0.1) is 30.5 Å². The third kappa shape index (κ3) is 4.11. The minimum Gasteiger partial charge on any atom is -0.388 e. The summed E-state index contributed by atoms with van der Waals surface area (Å²) in [6, 6.07) is 16.5. The molecule has 2 aliphatic rings. The molecule has 1 unspecified atom stereocenters. The van der Waals surface area contributed by atoms with Gasteiger partial charge in [-0.2, -0.15) is 0 Å². The Morgan fingerprint density at radius 1 is 0.968 bits per heavy atom. The summed E-state index contributed by atoms with van der Waals surface area (Å²) in [6.07, 6.45) is 1.28. The summed E-state index contributed by atoms with van der Waals surface area (Å²) < 4.78 is 11.0. The molecule has 0 radical (unpaired) electrons. The Bertz CT molecular complexity index is 1060. The molecule has 2 aliphatic heterocycles. The van der Waals surface area contributed by atoms with E-state index in [4.69, 9.17) is 15.2 Å². The van der Waals surface area contributed by atoms with Crippen LogP contribution in [-0.4, -0.2) is 49.6 Å². The molecule has 1 aromatic heterocycles. The maximum atomic E-state index is 11.1. The van der Waals surface area contributed by atoms with E-state index in [1.807, 2.05) is 24.3 Å². The second kappa shape index (κ2) is 8.83. The molecule has 0 saturated carbocycles. The summed E-state index contributed by atoms with van der Waals surface area (Å²) in [4.78, 5) is 6.89. The molecule has 3 heterocycles. The van der Waals surface area contributed by atoms with Crippen molar-refractivity contribution < 1.29 is 14.6 Å². The van der Waals surface area contributed by atoms with E-state index in [2.05, 4.69) is 34.1 Å². The first-order valence-corrected chi connectivity index (χ1v) is 11.1. The largest absolute Gasteiger partial charge is 0.388 e. The van der Waals surface area contributed by atoms with E-state index in [0.717, 1.165) is 72.4 Å². The molecular weight excluding hydrogens is 390 g/mol. The summed E-state index contributed by atoms with van der Waals surface area (Å²) in [7, 11) is 0. The third-order valence-electron chi connectivity index (χ3n) is 6.48. The fourth-order valence-corrected chi connectivity index (χ4v) is 4.71. The molecule has 2 aromatic carbocycles. The Morgan fingerprint density at radius 2 is 1.71 bits per heavy atom. The van der Waals surface area contributed by atoms with E-state index in [1.54, 1.807) is 0 Å². The maximum Gasteiger partial charge on any atom is 0.147 e. The summed E-state index contributed by atoms with van der Waals surface area (Å²) >= 11 is 0. The number of fused-ring (bicyclic) bond motifs is 1. The zero-order chi connectivity index (χ0) is 21.2. The van der Waals surface area contributed by atoms with Gasteiger partial charge in [0.1, 0.15) is 5.82 Å². The van der Waals surface area contributed by atoms with Crippen LogP contribution in [0.1, 0.15) is 24.5 Å². The topological polar surface area (TPSA) is 80.8 Å². The van der Waals surface area contributed by atoms with Crippen LogP contribution in [0.15, 0.2) is 48.5 Å². The number of ether oxygens (including phenoxy) is 2. The molecule has 3 N–H and O–H groups in total. The van der Waals surface area contributed by atoms with Crippen molar-refractivity contribution in [3.63, 3.8) is 0 Å². The number of aliphatic hydroxyl groups is 1. The van der Waals surface area contributed by atoms with E-state index in [0.29, 0.717) is 19.0 Å². The number of nitrogen functional groups attached to an aromatic ring is 1. The monoisotopic (exact) mass is 419 g/mol. The van der Waals surface area contributed by atoms with Gasteiger partial charge in [-0.05, 0) is 53.6 Å². The van der Waals surface area contributed by atoms with Gasteiger partial charge < -0.3 is 25.2 Å². The van der Waals surface area contributed by atoms with Crippen LogP contribution in [0.25, 0.3) is 22.0 Å². The highest BCUT2D eigenvalue weighted by molar-refractivity contribution is 5.90. The third-order valence-corrected chi connectivity index (χ3v) is 6.48. The quantitative estimate of drug-likeness (QED) is 0.670. The lowest BCUT2D eigenvalue weighted by atomic mass is 9.85. The summed E-state index contributed by atoms with van der Waals surface area (Å²) in [5.41, 5.74) is 11.2. The highest BCUT2D eigenvalue weighted by Crippen LogP contribution is 2.37. The molecule has 6 nitrogen and oxygen atoms in total. The molecule has 0 bridgehead atoms. The van der Waals surface area contributed by atoms with Gasteiger partial charge in [0, 0.05) is 31.7 Å². The molecule has 1 atom stereocenters. The number of pyridine rings is 1. The molecule has 6 heteroatoms. The lowest BCUT2D eigenvalue weighted by molar-refractivity contribution is 0.00739. The van der Waals surface area contributed by atoms with Gasteiger partial charge in [-0.3, -0.25) is 0 Å². The van der Waals surface area contributed by atoms with Gasteiger partial charge in [0.2, 0.25) is 0 Å². The van der Waals surface area contributed by atoms with Gasteiger partial charge in [-0.15, -0.1) is 0 Å². The average molecular weight is 420 g/mol. The normalized spacial score (nSPS) is 18.9. The molecule has 5 rings (SSSR count). The van der Waals surface area contributed by atoms with Crippen molar-refractivity contribution in [2.24, 2.45) is 5.92 Å². The van der Waals surface area contributed by atoms with Crippen molar-refractivity contribution in [3.05, 3.63) is 54.1 Å². The first-order valence-electron chi connectivity index (χ1n) is 11.1. The fraction of sp³-hybridized carbons (Fsp3) is 0.400. The van der Waals surface area contributed by atoms with Crippen LogP contribution in [0.5, 0.6) is 0 Å². The fourth-order valence-electron chi connectivity index (χ4n) is 4.71. The lowest BCUT2D eigenvalue weighted by Crippen LogP contribution is -2.36. The zero-order valence-electron chi connectivity index (χ0n) is 17.7. The minimum atomic E-state index is -0.496. The summed E-state index contributed by atoms with van der Waals surface area (Å²) in [5.74, 6) is 0.780. The molecule has 0 aliphatic carbocycles. The second-order valence-corrected chi connectivity index (χ2v) is 8.38. The standard InChI is InChI=1S/C25H29N3O3/c26-25-23(28-9-13-31-14-10-28)16-19-15-18(5-6-22(19)27-25)20-3-1-2-4-21(20)24(29)17-7-11-30-12-8-17/h1-6,15-17,24,29H,7-14H2,(H2,26,27). The van der Waals surface area contributed by atoms with Crippen LogP contribution in [0.3, 0.4) is 0 Å². The number of hydrogen-bond donors (Lipinski definition) is 2. The molecular formula is C25H29N3O3. The van der Waals surface area contributed by atoms with Crippen LogP contribution >= 0.6 is 0 Å². The van der Waals surface area contributed by atoms with Gasteiger partial charge in [-0.1, -0.05) is 30.3 Å². The van der Waals surface area contributed by atoms with Crippen LogP contribution in [0, 0.1) is 5.92 Å². The van der Waals surface area contributed by atoms with E-state index in [9.17, 15) is 5.11 Å². The number of nitrogens with two attached hydrogens (primary N) is 1. The number of rotatable bonds is 4. The van der Waals surface area contributed by atoms with Gasteiger partial charge in [0.25, 0.3) is 0 Å². The highest BCUT2D eigenvalue weighted by atomic mass is 16.5. The van der Waals surface area contributed by atoms with Crippen LogP contribution in [0.2, 0.25) is 0 Å². The number of benzene rings is 2. The first kappa shape index (κ1) is 20.2. The van der Waals surface area contributed by atoms with E-state index in [1.165, 1.54) is 0 Å². The van der Waals surface area contributed by atoms with Crippen molar-refractivity contribution in [3.8, 4) is 11.1 Å². The molecule has 3 aromatic rings. The second-order valence-electron chi connectivity index (χ2n) is 8.38.